The second-order valence-corrected chi connectivity index (χ2v) is 3.62. The molecule has 0 rings (SSSR count). The fraction of sp³-hybridized carbons (Fsp3) is 0.500. The van der Waals surface area contributed by atoms with Crippen molar-refractivity contribution in [2.24, 2.45) is 5.73 Å². The van der Waals surface area contributed by atoms with E-state index in [-0.39, 0.29) is 0 Å². The summed E-state index contributed by atoms with van der Waals surface area (Å²) in [4.78, 5) is 13.4. The van der Waals surface area contributed by atoms with E-state index in [0.717, 1.165) is 0 Å². The molecule has 0 heterocycles. The van der Waals surface area contributed by atoms with Gasteiger partial charge < -0.3 is 5.73 Å². The number of hydrogen-bond donors (Lipinski definition) is 1. The first kappa shape index (κ1) is 10.0. The zero-order valence-corrected chi connectivity index (χ0v) is 6.77. The minimum absolute atomic E-state index is 0.545. The molecule has 0 saturated heterocycles. The molecule has 0 bridgehead atoms. The predicted octanol–water partition coefficient (Wildman–Crippen LogP) is -7.68. The SMILES string of the molecule is NCC(=O)OO[I+3]([O-])([O-])[O-]. The van der Waals surface area contributed by atoms with Crippen molar-refractivity contribution >= 4 is 5.97 Å². The van der Waals surface area contributed by atoms with Crippen molar-refractivity contribution in [2.45, 2.75) is 0 Å². The average molecular weight is 265 g/mol. The van der Waals surface area contributed by atoms with Crippen molar-refractivity contribution in [2.75, 3.05) is 6.54 Å². The summed E-state index contributed by atoms with van der Waals surface area (Å²) >= 11 is -5.86. The number of rotatable bonds is 3. The Hall–Kier alpha value is -0.000000000000000125. The quantitative estimate of drug-likeness (QED) is 0.304. The summed E-state index contributed by atoms with van der Waals surface area (Å²) in [6.45, 7) is -0.545. The van der Waals surface area contributed by atoms with E-state index >= 15 is 0 Å². The third-order valence-corrected chi connectivity index (χ3v) is 0.988. The van der Waals surface area contributed by atoms with E-state index in [0.29, 0.717) is 0 Å². The maximum absolute atomic E-state index is 10.00. The summed E-state index contributed by atoms with van der Waals surface area (Å²) in [5, 5.41) is 0. The monoisotopic (exact) mass is 265 g/mol. The van der Waals surface area contributed by atoms with Crippen molar-refractivity contribution < 1.29 is 43.3 Å². The van der Waals surface area contributed by atoms with Crippen molar-refractivity contribution in [1.29, 1.82) is 0 Å². The Labute approximate surface area is 62.0 Å². The van der Waals surface area contributed by atoms with E-state index in [4.69, 9.17) is 0 Å². The zero-order chi connectivity index (χ0) is 8.20. The van der Waals surface area contributed by atoms with Crippen LogP contribution in [0.25, 0.3) is 0 Å². The lowest BCUT2D eigenvalue weighted by Crippen LogP contribution is -4.24. The lowest BCUT2D eigenvalue weighted by Gasteiger charge is -2.00. The summed E-state index contributed by atoms with van der Waals surface area (Å²) in [5.74, 6) is -1.12. The van der Waals surface area contributed by atoms with E-state index in [1.807, 2.05) is 0 Å². The Morgan fingerprint density at radius 3 is 2.30 bits per heavy atom. The normalized spacial score (nSPS) is 11.2. The molecule has 8 heteroatoms. The van der Waals surface area contributed by atoms with Gasteiger partial charge in [0.15, 0.2) is 0 Å². The number of carbonyl (C=O) groups excluding carboxylic acids is 1. The molecular weight excluding hydrogens is 261 g/mol. The lowest BCUT2D eigenvalue weighted by atomic mass is 10.7. The van der Waals surface area contributed by atoms with Gasteiger partial charge in [-0.3, -0.25) is 10.3 Å². The van der Waals surface area contributed by atoms with Gasteiger partial charge >= 0.3 is 26.1 Å². The Kier molecular flexibility index (Phi) is 4.00. The van der Waals surface area contributed by atoms with Gasteiger partial charge in [0.1, 0.15) is 0 Å². The van der Waals surface area contributed by atoms with Gasteiger partial charge in [0, 0.05) is 0 Å². The fourth-order valence-electron chi connectivity index (χ4n) is 0.108. The van der Waals surface area contributed by atoms with Crippen LogP contribution in [0.5, 0.6) is 0 Å². The predicted molar refractivity (Wildman–Crippen MR) is 16.2 cm³/mol. The van der Waals surface area contributed by atoms with Gasteiger partial charge in [-0.05, 0) is 0 Å². The minimum atomic E-state index is -5.86. The second-order valence-electron chi connectivity index (χ2n) is 1.10. The third-order valence-electron chi connectivity index (χ3n) is 0.368. The van der Waals surface area contributed by atoms with Crippen LogP contribution in [-0.4, -0.2) is 12.5 Å². The molecular formula is C2H4INO6. The summed E-state index contributed by atoms with van der Waals surface area (Å²) in [6.07, 6.45) is 0. The number of halogens is 1. The van der Waals surface area contributed by atoms with Gasteiger partial charge in [-0.2, -0.15) is 4.89 Å². The largest absolute Gasteiger partial charge is 0.438 e. The molecule has 7 nitrogen and oxygen atoms in total. The Morgan fingerprint density at radius 1 is 1.50 bits per heavy atom. The molecule has 0 amide bonds. The lowest BCUT2D eigenvalue weighted by molar-refractivity contribution is -1.93. The maximum atomic E-state index is 10.00. The molecule has 2 N–H and O–H groups in total. The highest BCUT2D eigenvalue weighted by molar-refractivity contribution is 5.70. The standard InChI is InChI=1S/C2H4INO6/c4-1-2(5)9-10-3(6,7)8/h1,4H2. The van der Waals surface area contributed by atoms with Crippen LogP contribution < -0.4 is 36.1 Å². The first-order valence-electron chi connectivity index (χ1n) is 1.95. The molecule has 0 aliphatic carbocycles. The molecule has 60 valence electrons. The molecule has 0 radical (unpaired) electrons. The molecule has 0 aliphatic rings. The summed E-state index contributed by atoms with van der Waals surface area (Å²) < 4.78 is 32.1. The van der Waals surface area contributed by atoms with Gasteiger partial charge in [-0.25, -0.2) is 4.79 Å². The zero-order valence-electron chi connectivity index (χ0n) is 4.61. The minimum Gasteiger partial charge on any atom is -0.321 e. The maximum Gasteiger partial charge on any atom is 0.438 e. The fourth-order valence-corrected chi connectivity index (χ4v) is 0.528. The van der Waals surface area contributed by atoms with Crippen LogP contribution in [0.1, 0.15) is 0 Å². The molecule has 10 heavy (non-hydrogen) atoms. The van der Waals surface area contributed by atoms with Crippen LogP contribution >= 0.6 is 0 Å². The Bertz CT molecular complexity index is 119. The Balaban J connectivity index is 3.46. The molecule has 0 unspecified atom stereocenters. The van der Waals surface area contributed by atoms with Crippen LogP contribution in [0.4, 0.5) is 0 Å². The molecule has 0 atom stereocenters. The summed E-state index contributed by atoms with van der Waals surface area (Å²) in [6, 6.07) is 0. The molecule has 0 aromatic heterocycles. The van der Waals surface area contributed by atoms with Crippen molar-refractivity contribution in [3.05, 3.63) is 0 Å². The van der Waals surface area contributed by atoms with Gasteiger partial charge in [0.25, 0.3) is 3.22 Å². The summed E-state index contributed by atoms with van der Waals surface area (Å²) in [7, 11) is 0. The van der Waals surface area contributed by atoms with Crippen LogP contribution in [0.15, 0.2) is 0 Å². The van der Waals surface area contributed by atoms with Crippen molar-refractivity contribution in [1.82, 2.24) is 0 Å². The molecule has 0 aromatic rings. The van der Waals surface area contributed by atoms with Crippen molar-refractivity contribution in [3.8, 4) is 0 Å². The second kappa shape index (κ2) is 4.00. The topological polar surface area (TPSA) is 131 Å². The van der Waals surface area contributed by atoms with Crippen LogP contribution in [0, 0.1) is 0 Å². The summed E-state index contributed by atoms with van der Waals surface area (Å²) in [5.41, 5.74) is 4.66. The highest BCUT2D eigenvalue weighted by Gasteiger charge is 2.31. The van der Waals surface area contributed by atoms with Crippen LogP contribution in [0.3, 0.4) is 0 Å². The van der Waals surface area contributed by atoms with E-state index in [1.165, 1.54) is 0 Å². The van der Waals surface area contributed by atoms with Gasteiger partial charge in [-0.1, -0.05) is 0 Å². The van der Waals surface area contributed by atoms with Gasteiger partial charge in [0.05, 0.1) is 6.54 Å². The smallest absolute Gasteiger partial charge is 0.321 e. The molecule has 0 saturated carbocycles. The molecule has 0 aromatic carbocycles. The molecule has 0 aliphatic heterocycles. The van der Waals surface area contributed by atoms with E-state index in [9.17, 15) is 15.1 Å². The van der Waals surface area contributed by atoms with Crippen molar-refractivity contribution in [3.63, 3.8) is 0 Å². The average Bonchev–Trinajstić information content (AvgIpc) is 1.81. The molecule has 0 fully saturated rings. The first-order valence-corrected chi connectivity index (χ1v) is 5.48. The van der Waals surface area contributed by atoms with Gasteiger partial charge in [0.2, 0.25) is 0 Å². The third kappa shape index (κ3) is 6.12. The van der Waals surface area contributed by atoms with Crippen LogP contribution in [0.2, 0.25) is 0 Å². The molecule has 0 spiro atoms. The number of carbonyl (C=O) groups is 1. The Morgan fingerprint density at radius 2 is 2.00 bits per heavy atom. The first-order chi connectivity index (χ1) is 4.45. The van der Waals surface area contributed by atoms with E-state index in [1.54, 1.807) is 0 Å². The number of nitrogens with two attached hydrogens (primary N) is 1. The van der Waals surface area contributed by atoms with Crippen LogP contribution in [-0.2, 0) is 12.9 Å². The highest BCUT2D eigenvalue weighted by Crippen LogP contribution is 1.65. The number of hydrogen-bond acceptors (Lipinski definition) is 7. The van der Waals surface area contributed by atoms with E-state index < -0.39 is 32.6 Å². The van der Waals surface area contributed by atoms with E-state index in [2.05, 4.69) is 13.8 Å². The van der Waals surface area contributed by atoms with Gasteiger partial charge in [-0.15, -0.1) is 0 Å². The highest BCUT2D eigenvalue weighted by atomic mass is 127.